The number of aromatic nitrogens is 2. The van der Waals surface area contributed by atoms with Crippen molar-refractivity contribution in [1.29, 1.82) is 0 Å². The first kappa shape index (κ1) is 16.3. The minimum Gasteiger partial charge on any atom is -0.329 e. The molecule has 0 radical (unpaired) electrons. The molecule has 3 aromatic rings. The maximum absolute atomic E-state index is 12.4. The van der Waals surface area contributed by atoms with Crippen molar-refractivity contribution in [2.45, 2.75) is 5.03 Å². The van der Waals surface area contributed by atoms with Crippen molar-refractivity contribution in [1.82, 2.24) is 9.97 Å². The highest BCUT2D eigenvalue weighted by Crippen LogP contribution is 2.25. The van der Waals surface area contributed by atoms with Gasteiger partial charge in [0.25, 0.3) is 10.0 Å². The van der Waals surface area contributed by atoms with E-state index < -0.39 is 10.0 Å². The first-order chi connectivity index (χ1) is 11.5. The molecule has 2 aromatic heterocycles. The van der Waals surface area contributed by atoms with Crippen molar-refractivity contribution in [2.24, 2.45) is 0 Å². The molecule has 0 unspecified atom stereocenters. The minimum absolute atomic E-state index is 0.205. The van der Waals surface area contributed by atoms with E-state index in [1.54, 1.807) is 6.07 Å². The second kappa shape index (κ2) is 6.54. The molecule has 0 aliphatic heterocycles. The van der Waals surface area contributed by atoms with Gasteiger partial charge >= 0.3 is 0 Å². The molecule has 0 saturated heterocycles. The van der Waals surface area contributed by atoms with Gasteiger partial charge in [0.1, 0.15) is 0 Å². The van der Waals surface area contributed by atoms with E-state index in [1.807, 2.05) is 18.2 Å². The van der Waals surface area contributed by atoms with Crippen LogP contribution in [0.3, 0.4) is 0 Å². The average molecular weight is 407 g/mol. The summed E-state index contributed by atoms with van der Waals surface area (Å²) in [5, 5.41) is 2.97. The Morgan fingerprint density at radius 1 is 1.08 bits per heavy atom. The van der Waals surface area contributed by atoms with Crippen LogP contribution in [-0.4, -0.2) is 24.8 Å². The number of carbonyl (C=O) groups is 1. The molecule has 0 aliphatic rings. The van der Waals surface area contributed by atoms with Crippen molar-refractivity contribution >= 4 is 54.6 Å². The summed E-state index contributed by atoms with van der Waals surface area (Å²) in [4.78, 5) is 18.6. The molecule has 0 bridgehead atoms. The topological polar surface area (TPSA) is 101 Å². The Kier molecular flexibility index (Phi) is 4.45. The zero-order valence-electron chi connectivity index (χ0n) is 12.1. The number of anilines is 2. The molecule has 24 heavy (non-hydrogen) atoms. The second-order valence-corrected chi connectivity index (χ2v) is 7.27. The number of rotatable bonds is 5. The summed E-state index contributed by atoms with van der Waals surface area (Å²) >= 11 is 3.40. The van der Waals surface area contributed by atoms with E-state index in [0.29, 0.717) is 17.8 Å². The number of pyridine rings is 2. The van der Waals surface area contributed by atoms with Gasteiger partial charge in [-0.1, -0.05) is 12.1 Å². The van der Waals surface area contributed by atoms with Gasteiger partial charge in [0.15, 0.2) is 5.03 Å². The first-order valence-corrected chi connectivity index (χ1v) is 9.00. The average Bonchev–Trinajstić information content (AvgIpc) is 2.55. The fraction of sp³-hybridized carbons (Fsp3) is 0. The lowest BCUT2D eigenvalue weighted by Gasteiger charge is -2.09. The van der Waals surface area contributed by atoms with Gasteiger partial charge < -0.3 is 5.32 Å². The van der Waals surface area contributed by atoms with E-state index in [1.165, 1.54) is 24.5 Å². The summed E-state index contributed by atoms with van der Waals surface area (Å²) in [5.41, 5.74) is 1.38. The Bertz CT molecular complexity index is 1020. The maximum atomic E-state index is 12.4. The smallest absolute Gasteiger partial charge is 0.279 e. The van der Waals surface area contributed by atoms with Crippen molar-refractivity contribution in [3.8, 4) is 0 Å². The van der Waals surface area contributed by atoms with Crippen LogP contribution in [0.5, 0.6) is 0 Å². The van der Waals surface area contributed by atoms with Crippen LogP contribution in [0.25, 0.3) is 10.9 Å². The van der Waals surface area contributed by atoms with Crippen LogP contribution in [0, 0.1) is 0 Å². The number of nitrogens with zero attached hydrogens (tertiary/aromatic N) is 2. The Labute approximate surface area is 146 Å². The van der Waals surface area contributed by atoms with Crippen LogP contribution >= 0.6 is 15.9 Å². The number of nitrogens with one attached hydrogen (secondary N) is 2. The Morgan fingerprint density at radius 2 is 1.92 bits per heavy atom. The molecular weight excluding hydrogens is 396 g/mol. The van der Waals surface area contributed by atoms with Gasteiger partial charge in [-0.05, 0) is 34.1 Å². The highest BCUT2D eigenvalue weighted by atomic mass is 79.9. The molecule has 122 valence electrons. The van der Waals surface area contributed by atoms with E-state index in [9.17, 15) is 13.2 Å². The fourth-order valence-corrected chi connectivity index (χ4v) is 3.59. The third kappa shape index (κ3) is 3.36. The fourth-order valence-electron chi connectivity index (χ4n) is 2.10. The molecule has 7 nitrogen and oxygen atoms in total. The van der Waals surface area contributed by atoms with Gasteiger partial charge in [0.2, 0.25) is 6.41 Å². The molecule has 0 fully saturated rings. The Balaban J connectivity index is 1.94. The monoisotopic (exact) mass is 406 g/mol. The molecule has 2 N–H and O–H groups in total. The summed E-state index contributed by atoms with van der Waals surface area (Å²) in [5.74, 6) is 0. The second-order valence-electron chi connectivity index (χ2n) is 4.79. The summed E-state index contributed by atoms with van der Waals surface area (Å²) < 4.78 is 28.1. The highest BCUT2D eigenvalue weighted by molar-refractivity contribution is 9.10. The molecule has 9 heteroatoms. The number of fused-ring (bicyclic) bond motifs is 1. The third-order valence-corrected chi connectivity index (χ3v) is 5.07. The SMILES string of the molecule is O=CNc1ccnc(S(=O)(=O)Nc2cnc3c(Br)cccc3c2)c1. The molecule has 3 rings (SSSR count). The number of benzene rings is 1. The van der Waals surface area contributed by atoms with E-state index in [2.05, 4.69) is 35.9 Å². The van der Waals surface area contributed by atoms with Crippen LogP contribution in [0.1, 0.15) is 0 Å². The lowest BCUT2D eigenvalue weighted by Crippen LogP contribution is -2.15. The van der Waals surface area contributed by atoms with Crippen LogP contribution < -0.4 is 10.0 Å². The third-order valence-electron chi connectivity index (χ3n) is 3.15. The minimum atomic E-state index is -3.90. The van der Waals surface area contributed by atoms with Crippen molar-refractivity contribution in [2.75, 3.05) is 10.0 Å². The van der Waals surface area contributed by atoms with E-state index in [-0.39, 0.29) is 5.03 Å². The number of amides is 1. The number of halogens is 1. The predicted octanol–water partition coefficient (Wildman–Crippen LogP) is 2.76. The summed E-state index contributed by atoms with van der Waals surface area (Å²) in [7, 11) is -3.90. The van der Waals surface area contributed by atoms with E-state index in [0.717, 1.165) is 15.4 Å². The number of hydrogen-bond donors (Lipinski definition) is 2. The first-order valence-electron chi connectivity index (χ1n) is 6.73. The molecule has 2 heterocycles. The van der Waals surface area contributed by atoms with Crippen molar-refractivity contribution in [3.05, 3.63) is 53.3 Å². The number of para-hydroxylation sites is 1. The number of sulfonamides is 1. The van der Waals surface area contributed by atoms with Crippen LogP contribution in [-0.2, 0) is 14.8 Å². The maximum Gasteiger partial charge on any atom is 0.279 e. The summed E-state index contributed by atoms with van der Waals surface area (Å²) in [6.45, 7) is 0. The summed E-state index contributed by atoms with van der Waals surface area (Å²) in [6.07, 6.45) is 3.19. The number of carbonyl (C=O) groups excluding carboxylic acids is 1. The Morgan fingerprint density at radius 3 is 2.71 bits per heavy atom. The van der Waals surface area contributed by atoms with Gasteiger partial charge in [0.05, 0.1) is 17.4 Å². The van der Waals surface area contributed by atoms with Crippen LogP contribution in [0.15, 0.2) is 58.3 Å². The normalized spacial score (nSPS) is 11.2. The van der Waals surface area contributed by atoms with Gasteiger partial charge in [-0.3, -0.25) is 14.5 Å². The molecule has 1 aromatic carbocycles. The standard InChI is InChI=1S/C15H11BrN4O3S/c16-13-3-1-2-10-6-12(8-18-15(10)13)20-24(22,23)14-7-11(19-9-21)4-5-17-14/h1-9,20H,(H,17,19,21). The van der Waals surface area contributed by atoms with Gasteiger partial charge in [-0.15, -0.1) is 0 Å². The highest BCUT2D eigenvalue weighted by Gasteiger charge is 2.17. The quantitative estimate of drug-likeness (QED) is 0.634. The zero-order chi connectivity index (χ0) is 17.2. The molecule has 0 spiro atoms. The zero-order valence-corrected chi connectivity index (χ0v) is 14.5. The number of hydrogen-bond acceptors (Lipinski definition) is 5. The Hall–Kier alpha value is -2.52. The molecular formula is C15H11BrN4O3S. The van der Waals surface area contributed by atoms with Gasteiger partial charge in [-0.25, -0.2) is 4.98 Å². The van der Waals surface area contributed by atoms with Crippen LogP contribution in [0.2, 0.25) is 0 Å². The van der Waals surface area contributed by atoms with Crippen molar-refractivity contribution in [3.63, 3.8) is 0 Å². The van der Waals surface area contributed by atoms with E-state index >= 15 is 0 Å². The lowest BCUT2D eigenvalue weighted by molar-refractivity contribution is -0.105. The predicted molar refractivity (Wildman–Crippen MR) is 94.2 cm³/mol. The van der Waals surface area contributed by atoms with E-state index in [4.69, 9.17) is 0 Å². The molecule has 0 aliphatic carbocycles. The molecule has 0 atom stereocenters. The van der Waals surface area contributed by atoms with Crippen LogP contribution in [0.4, 0.5) is 11.4 Å². The van der Waals surface area contributed by atoms with Gasteiger partial charge in [-0.2, -0.15) is 8.42 Å². The molecule has 1 amide bonds. The largest absolute Gasteiger partial charge is 0.329 e. The van der Waals surface area contributed by atoms with Gasteiger partial charge in [0, 0.05) is 27.8 Å². The lowest BCUT2D eigenvalue weighted by atomic mass is 10.2. The summed E-state index contributed by atoms with van der Waals surface area (Å²) in [6, 6.07) is 9.96. The van der Waals surface area contributed by atoms with Crippen molar-refractivity contribution < 1.29 is 13.2 Å². The molecule has 0 saturated carbocycles.